The van der Waals surface area contributed by atoms with E-state index in [2.05, 4.69) is 13.8 Å². The number of fused-ring (bicyclic) bond motifs is 5. The molecule has 464 valence electrons. The number of hydrogen-bond donors (Lipinski definition) is 6. The van der Waals surface area contributed by atoms with Gasteiger partial charge in [0.15, 0.2) is 25.2 Å². The van der Waals surface area contributed by atoms with Crippen LogP contribution < -0.4 is 0 Å². The van der Waals surface area contributed by atoms with E-state index in [4.69, 9.17) is 61.6 Å². The third kappa shape index (κ3) is 12.0. The molecule has 0 spiro atoms. The van der Waals surface area contributed by atoms with Crippen LogP contribution >= 0.6 is 0 Å². The third-order valence-corrected chi connectivity index (χ3v) is 21.0. The molecule has 4 aliphatic heterocycles. The first kappa shape index (κ1) is 62.7. The van der Waals surface area contributed by atoms with Crippen molar-refractivity contribution in [2.45, 2.75) is 240 Å². The molecule has 0 amide bonds. The second kappa shape index (κ2) is 25.8. The Morgan fingerprint density at radius 1 is 0.602 bits per heavy atom. The average molecular weight is 1170 g/mol. The molecule has 21 nitrogen and oxygen atoms in total. The monoisotopic (exact) mass is 1170 g/mol. The highest BCUT2D eigenvalue weighted by Gasteiger charge is 2.72. The second-order valence-electron chi connectivity index (χ2n) is 25.3. The zero-order valence-electron chi connectivity index (χ0n) is 49.3. The molecule has 8 fully saturated rings. The van der Waals surface area contributed by atoms with Gasteiger partial charge in [-0.3, -0.25) is 0 Å². The van der Waals surface area contributed by atoms with Crippen LogP contribution in [0.1, 0.15) is 126 Å². The molecular weight excluding hydrogens is 1080 g/mol. The summed E-state index contributed by atoms with van der Waals surface area (Å²) in [4.78, 5) is 27.5. The van der Waals surface area contributed by atoms with E-state index in [1.54, 1.807) is 57.5 Å². The summed E-state index contributed by atoms with van der Waals surface area (Å²) in [5.74, 6) is -0.819. The van der Waals surface area contributed by atoms with Crippen molar-refractivity contribution < 1.29 is 102 Å². The van der Waals surface area contributed by atoms with Gasteiger partial charge < -0.3 is 92.2 Å². The fourth-order valence-electron chi connectivity index (χ4n) is 16.4. The summed E-state index contributed by atoms with van der Waals surface area (Å²) >= 11 is 0. The molecule has 2 aromatic rings. The van der Waals surface area contributed by atoms with Crippen LogP contribution in [0.15, 0.2) is 60.7 Å². The Labute approximate surface area is 486 Å². The molecule has 10 rings (SSSR count). The van der Waals surface area contributed by atoms with Crippen LogP contribution in [0.5, 0.6) is 0 Å². The van der Waals surface area contributed by atoms with Gasteiger partial charge in [-0.15, -0.1) is 0 Å². The number of methoxy groups -OCH3 is 3. The van der Waals surface area contributed by atoms with Gasteiger partial charge in [0.2, 0.25) is 0 Å². The lowest BCUT2D eigenvalue weighted by atomic mass is 9.42. The summed E-state index contributed by atoms with van der Waals surface area (Å²) in [6, 6.07) is 17.9. The summed E-state index contributed by atoms with van der Waals surface area (Å²) in [6.07, 6.45) is -12.5. The number of hydrogen-bond acceptors (Lipinski definition) is 21. The molecule has 4 saturated heterocycles. The number of aliphatic hydroxyl groups is 6. The number of rotatable bonds is 17. The summed E-state index contributed by atoms with van der Waals surface area (Å²) < 4.78 is 81.3. The topological polar surface area (TPSA) is 276 Å². The summed E-state index contributed by atoms with van der Waals surface area (Å²) in [5, 5.41) is 65.9. The van der Waals surface area contributed by atoms with Crippen LogP contribution in [0.4, 0.5) is 0 Å². The van der Waals surface area contributed by atoms with E-state index in [-0.39, 0.29) is 41.6 Å². The van der Waals surface area contributed by atoms with Crippen molar-refractivity contribution >= 4 is 11.9 Å². The molecule has 4 heterocycles. The smallest absolute Gasteiger partial charge is 0.338 e. The van der Waals surface area contributed by atoms with E-state index in [0.717, 1.165) is 32.1 Å². The molecule has 21 heteroatoms. The number of carbonyl (C=O) groups is 2. The molecule has 28 unspecified atom stereocenters. The standard InChI is InChI=1S/C62H90O21/c1-31(76-56(68)35-16-12-10-13-17-35)39-23-25-62(70)40-21-20-37-26-38(22-24-60(37,5)41(40)27-45(61(39,62)6)80-57(69)36-18-14-11-15-19-36)78-46-28-42(71-7)52(32(2)74-46)81-47-29-43(72-8)53(33(3)75-47)82-59-51(67)55(73-9)54(34(4)77-59)83-58-50(66)49(65)48(64)44(30-63)79-58/h10-19,31-34,37-55,58-59,63-67,70H,20-30H2,1-9H3. The zero-order valence-corrected chi connectivity index (χ0v) is 49.3. The van der Waals surface area contributed by atoms with Gasteiger partial charge >= 0.3 is 11.9 Å². The Balaban J connectivity index is 0.751. The predicted molar refractivity (Wildman–Crippen MR) is 293 cm³/mol. The Morgan fingerprint density at radius 3 is 1.80 bits per heavy atom. The number of benzene rings is 2. The van der Waals surface area contributed by atoms with Gasteiger partial charge in [-0.1, -0.05) is 50.2 Å². The van der Waals surface area contributed by atoms with E-state index in [0.29, 0.717) is 36.8 Å². The first-order valence-corrected chi connectivity index (χ1v) is 30.1. The fourth-order valence-corrected chi connectivity index (χ4v) is 16.4. The quantitative estimate of drug-likeness (QED) is 0.0933. The van der Waals surface area contributed by atoms with Gasteiger partial charge in [-0.25, -0.2) is 9.59 Å². The molecular formula is C62H90O21. The van der Waals surface area contributed by atoms with Crippen molar-refractivity contribution in [3.63, 3.8) is 0 Å². The molecule has 28 atom stereocenters. The first-order valence-electron chi connectivity index (χ1n) is 30.1. The Morgan fingerprint density at radius 2 is 1.18 bits per heavy atom. The number of aliphatic hydroxyl groups excluding tert-OH is 5. The van der Waals surface area contributed by atoms with E-state index < -0.39 is 152 Å². The lowest BCUT2D eigenvalue weighted by molar-refractivity contribution is -0.373. The normalized spacial score (nSPS) is 46.6. The van der Waals surface area contributed by atoms with Crippen LogP contribution in [-0.2, 0) is 61.6 Å². The lowest BCUT2D eigenvalue weighted by Gasteiger charge is -2.65. The van der Waals surface area contributed by atoms with Crippen molar-refractivity contribution in [3.8, 4) is 0 Å². The van der Waals surface area contributed by atoms with Gasteiger partial charge in [-0.05, 0) is 126 Å². The van der Waals surface area contributed by atoms with Crippen LogP contribution in [0.2, 0.25) is 0 Å². The van der Waals surface area contributed by atoms with E-state index >= 15 is 0 Å². The maximum Gasteiger partial charge on any atom is 0.338 e. The molecule has 0 radical (unpaired) electrons. The number of ether oxygens (including phenoxy) is 13. The van der Waals surface area contributed by atoms with Gasteiger partial charge in [0, 0.05) is 45.5 Å². The Hall–Kier alpha value is -3.30. The highest BCUT2D eigenvalue weighted by atomic mass is 16.8. The van der Waals surface area contributed by atoms with E-state index in [1.807, 2.05) is 45.0 Å². The highest BCUT2D eigenvalue weighted by Crippen LogP contribution is 2.70. The van der Waals surface area contributed by atoms with Crippen molar-refractivity contribution in [1.29, 1.82) is 0 Å². The minimum Gasteiger partial charge on any atom is -0.459 e. The third-order valence-electron chi connectivity index (χ3n) is 21.0. The molecule has 0 bridgehead atoms. The van der Waals surface area contributed by atoms with E-state index in [9.17, 15) is 40.2 Å². The van der Waals surface area contributed by atoms with Crippen molar-refractivity contribution in [2.24, 2.45) is 34.5 Å². The van der Waals surface area contributed by atoms with E-state index in [1.165, 1.54) is 7.11 Å². The van der Waals surface area contributed by atoms with Crippen LogP contribution in [0.3, 0.4) is 0 Å². The molecule has 6 N–H and O–H groups in total. The van der Waals surface area contributed by atoms with Gasteiger partial charge in [0.25, 0.3) is 0 Å². The molecule has 8 aliphatic rings. The van der Waals surface area contributed by atoms with Crippen molar-refractivity contribution in [3.05, 3.63) is 71.8 Å². The SMILES string of the molecule is COC1CC(OC2CCC3(C)C(CCC4C3CC(OC(=O)c3ccccc3)C3(C)C(C(C)OC(=O)c5ccccc5)CCC43O)C2)OC(C)C1OC1CC(OC)C(OC2OC(C)C(OC3OC(CO)C(O)C(O)C3O)C(OC)C2O)C(C)O1. The fraction of sp³-hybridized carbons (Fsp3) is 0.774. The first-order chi connectivity index (χ1) is 39.7. The highest BCUT2D eigenvalue weighted by molar-refractivity contribution is 5.90. The summed E-state index contributed by atoms with van der Waals surface area (Å²) in [5.41, 5.74) is -1.34. The van der Waals surface area contributed by atoms with Crippen LogP contribution in [-0.4, -0.2) is 205 Å². The number of carbonyl (C=O) groups excluding carboxylic acids is 2. The minimum absolute atomic E-state index is 0.0475. The lowest BCUT2D eigenvalue weighted by Crippen LogP contribution is -2.68. The van der Waals surface area contributed by atoms with Gasteiger partial charge in [-0.2, -0.15) is 0 Å². The maximum atomic E-state index is 14.1. The zero-order chi connectivity index (χ0) is 59.3. The average Bonchev–Trinajstić information content (AvgIpc) is 1.71. The Kier molecular flexibility index (Phi) is 19.5. The van der Waals surface area contributed by atoms with Gasteiger partial charge in [0.05, 0.1) is 60.0 Å². The number of esters is 2. The Bertz CT molecular complexity index is 2460. The summed E-state index contributed by atoms with van der Waals surface area (Å²) in [7, 11) is 4.58. The molecule has 0 aromatic heterocycles. The summed E-state index contributed by atoms with van der Waals surface area (Å²) in [6.45, 7) is 11.1. The van der Waals surface area contributed by atoms with Crippen molar-refractivity contribution in [2.75, 3.05) is 27.9 Å². The van der Waals surface area contributed by atoms with Gasteiger partial charge in [0.1, 0.15) is 67.1 Å². The molecule has 4 aliphatic carbocycles. The molecule has 83 heavy (non-hydrogen) atoms. The maximum absolute atomic E-state index is 14.1. The minimum atomic E-state index is -1.67. The molecule has 2 aromatic carbocycles. The van der Waals surface area contributed by atoms with Crippen LogP contribution in [0.25, 0.3) is 0 Å². The largest absolute Gasteiger partial charge is 0.459 e. The second-order valence-corrected chi connectivity index (χ2v) is 25.3. The van der Waals surface area contributed by atoms with Crippen molar-refractivity contribution in [1.82, 2.24) is 0 Å². The van der Waals surface area contributed by atoms with Crippen LogP contribution in [0, 0.1) is 34.5 Å². The molecule has 4 saturated carbocycles. The predicted octanol–water partition coefficient (Wildman–Crippen LogP) is 4.60.